The Morgan fingerprint density at radius 3 is 2.93 bits per heavy atom. The third-order valence-electron chi connectivity index (χ3n) is 2.14. The van der Waals surface area contributed by atoms with Crippen LogP contribution in [0, 0.1) is 6.92 Å². The highest BCUT2D eigenvalue weighted by Gasteiger charge is 1.94. The maximum absolute atomic E-state index is 4.09. The second-order valence-corrected chi connectivity index (χ2v) is 3.44. The maximum Gasteiger partial charge on any atom is 0.129 e. The van der Waals surface area contributed by atoms with Crippen molar-refractivity contribution in [3.8, 4) is 0 Å². The Labute approximate surface area is 89.2 Å². The number of aryl methyl sites for hydroxylation is 1. The van der Waals surface area contributed by atoms with Gasteiger partial charge in [0, 0.05) is 12.7 Å². The number of nitrogens with one attached hydrogen (secondary N) is 1. The van der Waals surface area contributed by atoms with Crippen LogP contribution in [-0.4, -0.2) is 9.97 Å². The van der Waals surface area contributed by atoms with E-state index in [-0.39, 0.29) is 0 Å². The van der Waals surface area contributed by atoms with Gasteiger partial charge in [-0.25, -0.2) is 9.97 Å². The van der Waals surface area contributed by atoms with Crippen LogP contribution in [0.4, 0.5) is 5.82 Å². The molecule has 2 aromatic rings. The molecule has 3 heteroatoms. The summed E-state index contributed by atoms with van der Waals surface area (Å²) in [5, 5.41) is 3.24. The lowest BCUT2D eigenvalue weighted by Gasteiger charge is -2.05. The molecule has 0 aliphatic carbocycles. The average molecular weight is 199 g/mol. The molecule has 3 nitrogen and oxygen atoms in total. The minimum Gasteiger partial charge on any atom is -0.366 e. The van der Waals surface area contributed by atoms with Gasteiger partial charge in [-0.3, -0.25) is 0 Å². The first-order chi connectivity index (χ1) is 7.34. The van der Waals surface area contributed by atoms with Crippen molar-refractivity contribution in [1.29, 1.82) is 0 Å². The van der Waals surface area contributed by atoms with Gasteiger partial charge in [0.1, 0.15) is 12.1 Å². The van der Waals surface area contributed by atoms with Crippen molar-refractivity contribution in [3.63, 3.8) is 0 Å². The van der Waals surface area contributed by atoms with Crippen molar-refractivity contribution in [1.82, 2.24) is 9.97 Å². The zero-order valence-electron chi connectivity index (χ0n) is 8.64. The third-order valence-corrected chi connectivity index (χ3v) is 2.14. The van der Waals surface area contributed by atoms with Gasteiger partial charge in [-0.1, -0.05) is 29.8 Å². The molecule has 0 spiro atoms. The van der Waals surface area contributed by atoms with Gasteiger partial charge < -0.3 is 5.32 Å². The van der Waals surface area contributed by atoms with Gasteiger partial charge in [0.2, 0.25) is 0 Å². The minimum absolute atomic E-state index is 0.790. The van der Waals surface area contributed by atoms with E-state index in [1.807, 2.05) is 6.07 Å². The van der Waals surface area contributed by atoms with Gasteiger partial charge >= 0.3 is 0 Å². The van der Waals surface area contributed by atoms with E-state index in [2.05, 4.69) is 46.5 Å². The monoisotopic (exact) mass is 199 g/mol. The molecule has 0 bridgehead atoms. The molecule has 0 radical (unpaired) electrons. The molecule has 0 saturated carbocycles. The Bertz CT molecular complexity index is 426. The lowest BCUT2D eigenvalue weighted by atomic mass is 10.1. The zero-order chi connectivity index (χ0) is 10.5. The van der Waals surface area contributed by atoms with Crippen molar-refractivity contribution in [3.05, 3.63) is 54.0 Å². The molecule has 1 aromatic heterocycles. The Kier molecular flexibility index (Phi) is 2.93. The second kappa shape index (κ2) is 4.55. The fraction of sp³-hybridized carbons (Fsp3) is 0.167. The SMILES string of the molecule is Cc1cccc(CNc2ccncn2)c1. The first-order valence-electron chi connectivity index (χ1n) is 4.90. The van der Waals surface area contributed by atoms with Gasteiger partial charge in [0.15, 0.2) is 0 Å². The number of hydrogen-bond acceptors (Lipinski definition) is 3. The summed E-state index contributed by atoms with van der Waals surface area (Å²) in [5.74, 6) is 0.853. The highest BCUT2D eigenvalue weighted by atomic mass is 15.0. The smallest absolute Gasteiger partial charge is 0.129 e. The Balaban J connectivity index is 1.99. The summed E-state index contributed by atoms with van der Waals surface area (Å²) < 4.78 is 0. The van der Waals surface area contributed by atoms with Gasteiger partial charge in [0.05, 0.1) is 0 Å². The van der Waals surface area contributed by atoms with E-state index in [0.717, 1.165) is 12.4 Å². The van der Waals surface area contributed by atoms with Crippen LogP contribution in [-0.2, 0) is 6.54 Å². The number of hydrogen-bond donors (Lipinski definition) is 1. The molecule has 0 aliphatic heterocycles. The summed E-state index contributed by atoms with van der Waals surface area (Å²) in [7, 11) is 0. The summed E-state index contributed by atoms with van der Waals surface area (Å²) in [6.45, 7) is 2.88. The molecule has 0 aliphatic rings. The summed E-state index contributed by atoms with van der Waals surface area (Å²) in [4.78, 5) is 7.96. The highest BCUT2D eigenvalue weighted by Crippen LogP contribution is 2.06. The maximum atomic E-state index is 4.09. The van der Waals surface area contributed by atoms with Crippen molar-refractivity contribution >= 4 is 5.82 Å². The van der Waals surface area contributed by atoms with Crippen molar-refractivity contribution in [2.24, 2.45) is 0 Å². The molecule has 1 N–H and O–H groups in total. The molecule has 0 saturated heterocycles. The molecule has 76 valence electrons. The fourth-order valence-electron chi connectivity index (χ4n) is 1.41. The predicted octanol–water partition coefficient (Wildman–Crippen LogP) is 2.40. The van der Waals surface area contributed by atoms with Crippen LogP contribution >= 0.6 is 0 Å². The minimum atomic E-state index is 0.790. The van der Waals surface area contributed by atoms with Crippen LogP contribution in [0.25, 0.3) is 0 Å². The topological polar surface area (TPSA) is 37.8 Å². The lowest BCUT2D eigenvalue weighted by molar-refractivity contribution is 1.08. The molecule has 1 aromatic carbocycles. The van der Waals surface area contributed by atoms with Gasteiger partial charge in [0.25, 0.3) is 0 Å². The van der Waals surface area contributed by atoms with Crippen LogP contribution < -0.4 is 5.32 Å². The van der Waals surface area contributed by atoms with E-state index >= 15 is 0 Å². The van der Waals surface area contributed by atoms with E-state index in [1.165, 1.54) is 11.1 Å². The Hall–Kier alpha value is -1.90. The van der Waals surface area contributed by atoms with Crippen molar-refractivity contribution < 1.29 is 0 Å². The number of rotatable bonds is 3. The lowest BCUT2D eigenvalue weighted by Crippen LogP contribution is -2.01. The van der Waals surface area contributed by atoms with Gasteiger partial charge in [-0.2, -0.15) is 0 Å². The Morgan fingerprint density at radius 2 is 2.20 bits per heavy atom. The van der Waals surface area contributed by atoms with Crippen molar-refractivity contribution in [2.75, 3.05) is 5.32 Å². The quantitative estimate of drug-likeness (QED) is 0.824. The molecular formula is C12H13N3. The molecule has 2 rings (SSSR count). The van der Waals surface area contributed by atoms with E-state index in [0.29, 0.717) is 0 Å². The average Bonchev–Trinajstić information content (AvgIpc) is 2.28. The van der Waals surface area contributed by atoms with Crippen LogP contribution in [0.5, 0.6) is 0 Å². The first-order valence-corrected chi connectivity index (χ1v) is 4.90. The van der Waals surface area contributed by atoms with Crippen molar-refractivity contribution in [2.45, 2.75) is 13.5 Å². The molecule has 0 atom stereocenters. The predicted molar refractivity (Wildman–Crippen MR) is 60.5 cm³/mol. The molecule has 0 amide bonds. The van der Waals surface area contributed by atoms with E-state index in [9.17, 15) is 0 Å². The van der Waals surface area contributed by atoms with Gasteiger partial charge in [-0.05, 0) is 18.6 Å². The normalized spacial score (nSPS) is 9.93. The molecule has 1 heterocycles. The molecular weight excluding hydrogens is 186 g/mol. The first kappa shape index (κ1) is 9.65. The number of anilines is 1. The number of nitrogens with zero attached hydrogens (tertiary/aromatic N) is 2. The fourth-order valence-corrected chi connectivity index (χ4v) is 1.41. The van der Waals surface area contributed by atoms with E-state index in [1.54, 1.807) is 12.5 Å². The number of aromatic nitrogens is 2. The standard InChI is InChI=1S/C12H13N3/c1-10-3-2-4-11(7-10)8-14-12-5-6-13-9-15-12/h2-7,9H,8H2,1H3,(H,13,14,15). The van der Waals surface area contributed by atoms with Crippen LogP contribution in [0.2, 0.25) is 0 Å². The summed E-state index contributed by atoms with van der Waals surface area (Å²) in [6.07, 6.45) is 3.27. The van der Waals surface area contributed by atoms with Gasteiger partial charge in [-0.15, -0.1) is 0 Å². The molecule has 15 heavy (non-hydrogen) atoms. The van der Waals surface area contributed by atoms with Crippen LogP contribution in [0.3, 0.4) is 0 Å². The molecule has 0 unspecified atom stereocenters. The zero-order valence-corrected chi connectivity index (χ0v) is 8.64. The van der Waals surface area contributed by atoms with Crippen LogP contribution in [0.1, 0.15) is 11.1 Å². The van der Waals surface area contributed by atoms with Crippen LogP contribution in [0.15, 0.2) is 42.9 Å². The van der Waals surface area contributed by atoms with E-state index in [4.69, 9.17) is 0 Å². The summed E-state index contributed by atoms with van der Waals surface area (Å²) in [5.41, 5.74) is 2.53. The number of benzene rings is 1. The largest absolute Gasteiger partial charge is 0.366 e. The summed E-state index contributed by atoms with van der Waals surface area (Å²) in [6, 6.07) is 10.3. The van der Waals surface area contributed by atoms with E-state index < -0.39 is 0 Å². The highest BCUT2D eigenvalue weighted by molar-refractivity contribution is 5.34. The second-order valence-electron chi connectivity index (χ2n) is 3.44. The Morgan fingerprint density at radius 1 is 1.27 bits per heavy atom. The molecule has 0 fully saturated rings. The third kappa shape index (κ3) is 2.77. The summed E-state index contributed by atoms with van der Waals surface area (Å²) >= 11 is 0.